The molecular formula is C10H12O4. The Morgan fingerprint density at radius 3 is 2.64 bits per heavy atom. The molecule has 4 nitrogen and oxygen atoms in total. The number of hydrogen-bond donors (Lipinski definition) is 1. The Labute approximate surface area is 82.1 Å². The van der Waals surface area contributed by atoms with E-state index in [4.69, 9.17) is 9.47 Å². The van der Waals surface area contributed by atoms with Gasteiger partial charge in [-0.15, -0.1) is 0 Å². The topological polar surface area (TPSA) is 55.8 Å². The van der Waals surface area contributed by atoms with E-state index in [1.54, 1.807) is 0 Å². The van der Waals surface area contributed by atoms with Crippen molar-refractivity contribution < 1.29 is 19.4 Å². The number of aldehydes is 1. The van der Waals surface area contributed by atoms with Crippen molar-refractivity contribution in [3.05, 3.63) is 17.7 Å². The molecule has 0 aliphatic heterocycles. The van der Waals surface area contributed by atoms with Crippen LogP contribution in [0.1, 0.15) is 17.3 Å². The minimum absolute atomic E-state index is 0.111. The van der Waals surface area contributed by atoms with Crippen LogP contribution < -0.4 is 9.47 Å². The smallest absolute Gasteiger partial charge is 0.164 e. The van der Waals surface area contributed by atoms with Gasteiger partial charge in [-0.05, 0) is 13.0 Å². The quantitative estimate of drug-likeness (QED) is 0.743. The molecule has 0 spiro atoms. The summed E-state index contributed by atoms with van der Waals surface area (Å²) in [5, 5.41) is 9.35. The van der Waals surface area contributed by atoms with Crippen LogP contribution in [0.5, 0.6) is 17.2 Å². The van der Waals surface area contributed by atoms with Gasteiger partial charge in [-0.3, -0.25) is 4.79 Å². The molecule has 0 aliphatic carbocycles. The van der Waals surface area contributed by atoms with Crippen LogP contribution in [0.2, 0.25) is 0 Å². The summed E-state index contributed by atoms with van der Waals surface area (Å²) in [7, 11) is 1.47. The predicted molar refractivity (Wildman–Crippen MR) is 51.2 cm³/mol. The number of methoxy groups -OCH3 is 1. The zero-order valence-corrected chi connectivity index (χ0v) is 8.11. The van der Waals surface area contributed by atoms with Crippen molar-refractivity contribution in [2.45, 2.75) is 6.92 Å². The first-order chi connectivity index (χ1) is 6.72. The Hall–Kier alpha value is -1.71. The van der Waals surface area contributed by atoms with Gasteiger partial charge in [0.1, 0.15) is 5.75 Å². The highest BCUT2D eigenvalue weighted by atomic mass is 16.5. The number of phenolic OH excluding ortho intramolecular Hbond substituents is 1. The number of ether oxygens (including phenoxy) is 2. The van der Waals surface area contributed by atoms with Crippen molar-refractivity contribution in [1.29, 1.82) is 0 Å². The average molecular weight is 196 g/mol. The molecule has 0 bridgehead atoms. The second kappa shape index (κ2) is 4.50. The predicted octanol–water partition coefficient (Wildman–Crippen LogP) is 1.61. The normalized spacial score (nSPS) is 9.57. The summed E-state index contributed by atoms with van der Waals surface area (Å²) in [6.07, 6.45) is 0.567. The Morgan fingerprint density at radius 1 is 1.43 bits per heavy atom. The van der Waals surface area contributed by atoms with Crippen molar-refractivity contribution in [3.8, 4) is 17.2 Å². The summed E-state index contributed by atoms with van der Waals surface area (Å²) in [5.41, 5.74) is 0.189. The maximum absolute atomic E-state index is 10.5. The summed E-state index contributed by atoms with van der Waals surface area (Å²) < 4.78 is 10.2. The highest BCUT2D eigenvalue weighted by molar-refractivity contribution is 5.81. The third kappa shape index (κ3) is 1.96. The lowest BCUT2D eigenvalue weighted by atomic mass is 10.2. The molecule has 0 saturated heterocycles. The van der Waals surface area contributed by atoms with Gasteiger partial charge < -0.3 is 14.6 Å². The Morgan fingerprint density at radius 2 is 2.14 bits per heavy atom. The zero-order valence-electron chi connectivity index (χ0n) is 8.11. The number of phenols is 1. The van der Waals surface area contributed by atoms with E-state index in [1.807, 2.05) is 6.92 Å². The van der Waals surface area contributed by atoms with Gasteiger partial charge in [-0.1, -0.05) is 0 Å². The van der Waals surface area contributed by atoms with Gasteiger partial charge in [0, 0.05) is 6.07 Å². The lowest BCUT2D eigenvalue weighted by Gasteiger charge is -2.10. The fourth-order valence-electron chi connectivity index (χ4n) is 1.09. The highest BCUT2D eigenvalue weighted by Gasteiger charge is 2.09. The van der Waals surface area contributed by atoms with Crippen LogP contribution in [0.3, 0.4) is 0 Å². The SMILES string of the molecule is CCOc1cc(C=O)c(O)cc1OC. The zero-order chi connectivity index (χ0) is 10.6. The van der Waals surface area contributed by atoms with Gasteiger partial charge in [0.25, 0.3) is 0 Å². The lowest BCUT2D eigenvalue weighted by molar-refractivity contribution is 0.112. The monoisotopic (exact) mass is 196 g/mol. The summed E-state index contributed by atoms with van der Waals surface area (Å²) >= 11 is 0. The molecule has 1 N–H and O–H groups in total. The lowest BCUT2D eigenvalue weighted by Crippen LogP contribution is -1.96. The molecule has 0 radical (unpaired) electrons. The van der Waals surface area contributed by atoms with Gasteiger partial charge in [0.15, 0.2) is 17.8 Å². The second-order valence-corrected chi connectivity index (χ2v) is 2.61. The van der Waals surface area contributed by atoms with E-state index in [9.17, 15) is 9.90 Å². The number of rotatable bonds is 4. The van der Waals surface area contributed by atoms with E-state index in [0.717, 1.165) is 0 Å². The van der Waals surface area contributed by atoms with Gasteiger partial charge in [0.2, 0.25) is 0 Å². The van der Waals surface area contributed by atoms with Crippen LogP contribution in [-0.2, 0) is 0 Å². The van der Waals surface area contributed by atoms with Crippen LogP contribution in [-0.4, -0.2) is 25.1 Å². The first-order valence-corrected chi connectivity index (χ1v) is 4.21. The Balaban J connectivity index is 3.17. The molecule has 0 aliphatic rings. The van der Waals surface area contributed by atoms with Gasteiger partial charge >= 0.3 is 0 Å². The minimum atomic E-state index is -0.111. The standard InChI is InChI=1S/C10H12O4/c1-3-14-10-4-7(6-11)8(12)5-9(10)13-2/h4-6,12H,3H2,1-2H3. The van der Waals surface area contributed by atoms with Crippen molar-refractivity contribution in [3.63, 3.8) is 0 Å². The third-order valence-electron chi connectivity index (χ3n) is 1.74. The van der Waals surface area contributed by atoms with Crippen LogP contribution in [0.25, 0.3) is 0 Å². The largest absolute Gasteiger partial charge is 0.507 e. The molecule has 0 aromatic heterocycles. The van der Waals surface area contributed by atoms with E-state index in [2.05, 4.69) is 0 Å². The number of hydrogen-bond acceptors (Lipinski definition) is 4. The number of aromatic hydroxyl groups is 1. The summed E-state index contributed by atoms with van der Waals surface area (Å²) in [4.78, 5) is 10.5. The molecule has 0 heterocycles. The van der Waals surface area contributed by atoms with Gasteiger partial charge in [0.05, 0.1) is 19.3 Å². The van der Waals surface area contributed by atoms with Crippen molar-refractivity contribution >= 4 is 6.29 Å². The van der Waals surface area contributed by atoms with E-state index in [1.165, 1.54) is 19.2 Å². The number of carbonyl (C=O) groups is 1. The fraction of sp³-hybridized carbons (Fsp3) is 0.300. The molecule has 1 aromatic rings. The molecule has 1 rings (SSSR count). The maximum Gasteiger partial charge on any atom is 0.164 e. The van der Waals surface area contributed by atoms with Crippen molar-refractivity contribution in [2.24, 2.45) is 0 Å². The molecule has 0 fully saturated rings. The van der Waals surface area contributed by atoms with E-state index in [-0.39, 0.29) is 11.3 Å². The molecule has 14 heavy (non-hydrogen) atoms. The summed E-state index contributed by atoms with van der Waals surface area (Å²) in [5.74, 6) is 0.755. The van der Waals surface area contributed by atoms with Crippen LogP contribution in [0.4, 0.5) is 0 Å². The molecule has 1 aromatic carbocycles. The van der Waals surface area contributed by atoms with E-state index in [0.29, 0.717) is 24.4 Å². The van der Waals surface area contributed by atoms with E-state index < -0.39 is 0 Å². The fourth-order valence-corrected chi connectivity index (χ4v) is 1.09. The van der Waals surface area contributed by atoms with Crippen molar-refractivity contribution in [2.75, 3.05) is 13.7 Å². The Kier molecular flexibility index (Phi) is 3.34. The maximum atomic E-state index is 10.5. The van der Waals surface area contributed by atoms with Crippen molar-refractivity contribution in [1.82, 2.24) is 0 Å². The van der Waals surface area contributed by atoms with Crippen LogP contribution >= 0.6 is 0 Å². The molecule has 0 unspecified atom stereocenters. The third-order valence-corrected chi connectivity index (χ3v) is 1.74. The molecular weight excluding hydrogens is 184 g/mol. The molecule has 76 valence electrons. The number of benzene rings is 1. The minimum Gasteiger partial charge on any atom is -0.507 e. The second-order valence-electron chi connectivity index (χ2n) is 2.61. The highest BCUT2D eigenvalue weighted by Crippen LogP contribution is 2.33. The summed E-state index contributed by atoms with van der Waals surface area (Å²) in [6.45, 7) is 2.30. The first-order valence-electron chi connectivity index (χ1n) is 4.21. The summed E-state index contributed by atoms with van der Waals surface area (Å²) in [6, 6.07) is 2.80. The van der Waals surface area contributed by atoms with Crippen LogP contribution in [0, 0.1) is 0 Å². The molecule has 0 amide bonds. The van der Waals surface area contributed by atoms with E-state index >= 15 is 0 Å². The molecule has 0 atom stereocenters. The molecule has 4 heteroatoms. The molecule has 0 saturated carbocycles. The first kappa shape index (κ1) is 10.4. The Bertz CT molecular complexity index is 333. The van der Waals surface area contributed by atoms with Crippen LogP contribution in [0.15, 0.2) is 12.1 Å². The average Bonchev–Trinajstić information content (AvgIpc) is 2.20. The van der Waals surface area contributed by atoms with Gasteiger partial charge in [-0.2, -0.15) is 0 Å². The number of carbonyl (C=O) groups excluding carboxylic acids is 1. The van der Waals surface area contributed by atoms with Gasteiger partial charge in [-0.25, -0.2) is 0 Å².